The highest BCUT2D eigenvalue weighted by Gasteiger charge is 2.36. The van der Waals surface area contributed by atoms with Crippen LogP contribution in [0.3, 0.4) is 0 Å². The number of hydrogen-bond acceptors (Lipinski definition) is 10. The second-order valence-electron chi connectivity index (χ2n) is 8.43. The van der Waals surface area contributed by atoms with Crippen LogP contribution in [0, 0.1) is 11.6 Å². The van der Waals surface area contributed by atoms with Gasteiger partial charge in [-0.25, -0.2) is 31.8 Å². The fraction of sp³-hybridized carbons (Fsp3) is 0.261. The second kappa shape index (κ2) is 9.69. The largest absolute Gasteiger partial charge is 0.369 e. The molecule has 0 spiro atoms. The molecule has 1 atom stereocenters. The lowest BCUT2D eigenvalue weighted by Gasteiger charge is -2.16. The zero-order valence-electron chi connectivity index (χ0n) is 19.5. The van der Waals surface area contributed by atoms with Crippen LogP contribution in [0.25, 0.3) is 11.0 Å². The number of benzene rings is 2. The van der Waals surface area contributed by atoms with Gasteiger partial charge in [-0.2, -0.15) is 0 Å². The Balaban J connectivity index is 1.44. The Kier molecular flexibility index (Phi) is 6.41. The number of Topliss-reactive ketones (excluding diaryl/α,β-unsaturated/α-hetero) is 1. The summed E-state index contributed by atoms with van der Waals surface area (Å²) < 4.78 is 61.1. The number of halogens is 2. The van der Waals surface area contributed by atoms with E-state index in [2.05, 4.69) is 35.6 Å². The van der Waals surface area contributed by atoms with Crippen LogP contribution in [0.1, 0.15) is 40.7 Å². The minimum absolute atomic E-state index is 0.0305. The molecule has 37 heavy (non-hydrogen) atoms. The molecule has 5 rings (SSSR count). The van der Waals surface area contributed by atoms with Crippen molar-refractivity contribution in [2.45, 2.75) is 25.8 Å². The van der Waals surface area contributed by atoms with Gasteiger partial charge in [-0.3, -0.25) is 9.52 Å². The van der Waals surface area contributed by atoms with Crippen molar-refractivity contribution in [1.82, 2.24) is 20.3 Å². The van der Waals surface area contributed by atoms with Gasteiger partial charge in [-0.05, 0) is 46.6 Å². The second-order valence-corrected chi connectivity index (χ2v) is 10.3. The molecule has 0 amide bonds. The molecule has 0 radical (unpaired) electrons. The van der Waals surface area contributed by atoms with Gasteiger partial charge in [-0.1, -0.05) is 13.0 Å². The number of nitrogens with one attached hydrogen (secondary N) is 3. The summed E-state index contributed by atoms with van der Waals surface area (Å²) in [6, 6.07) is 7.15. The molecule has 1 unspecified atom stereocenters. The van der Waals surface area contributed by atoms with Gasteiger partial charge < -0.3 is 10.6 Å². The molecule has 14 heteroatoms. The molecule has 2 aromatic heterocycles. The Morgan fingerprint density at radius 1 is 1.16 bits per heavy atom. The molecule has 1 aliphatic rings. The first kappa shape index (κ1) is 24.5. The van der Waals surface area contributed by atoms with Crippen molar-refractivity contribution in [1.29, 1.82) is 0 Å². The molecule has 4 aromatic rings. The maximum Gasteiger partial charge on any atom is 0.232 e. The molecule has 3 heterocycles. The van der Waals surface area contributed by atoms with Gasteiger partial charge in [-0.15, -0.1) is 0 Å². The van der Waals surface area contributed by atoms with Crippen LogP contribution < -0.4 is 15.4 Å². The lowest BCUT2D eigenvalue weighted by molar-refractivity contribution is 0.0958. The zero-order valence-corrected chi connectivity index (χ0v) is 20.3. The van der Waals surface area contributed by atoms with Crippen LogP contribution in [0.15, 0.2) is 41.3 Å². The maximum absolute atomic E-state index is 15.3. The van der Waals surface area contributed by atoms with Crippen LogP contribution in [-0.4, -0.2) is 46.8 Å². The van der Waals surface area contributed by atoms with E-state index in [0.717, 1.165) is 17.7 Å². The first-order chi connectivity index (χ1) is 17.8. The number of rotatable bonds is 9. The topological polar surface area (TPSA) is 152 Å². The first-order valence-corrected chi connectivity index (χ1v) is 13.0. The third-order valence-corrected chi connectivity index (χ3v) is 7.35. The summed E-state index contributed by atoms with van der Waals surface area (Å²) in [6.07, 6.45) is 1.60. The number of carbonyl (C=O) groups is 1. The smallest absolute Gasteiger partial charge is 0.232 e. The van der Waals surface area contributed by atoms with Crippen molar-refractivity contribution < 1.29 is 26.6 Å². The molecule has 192 valence electrons. The summed E-state index contributed by atoms with van der Waals surface area (Å²) in [5.41, 5.74) is 1.02. The van der Waals surface area contributed by atoms with Gasteiger partial charge in [0.25, 0.3) is 0 Å². The predicted molar refractivity (Wildman–Crippen MR) is 131 cm³/mol. The van der Waals surface area contributed by atoms with Crippen molar-refractivity contribution >= 4 is 44.2 Å². The third-order valence-electron chi connectivity index (χ3n) is 5.88. The number of nitrogens with zero attached hydrogens (tertiary/aromatic N) is 4. The van der Waals surface area contributed by atoms with E-state index in [4.69, 9.17) is 4.63 Å². The highest BCUT2D eigenvalue weighted by atomic mass is 32.2. The van der Waals surface area contributed by atoms with Gasteiger partial charge in [0.15, 0.2) is 11.6 Å². The number of anilines is 3. The normalized spacial score (nSPS) is 14.8. The highest BCUT2D eigenvalue weighted by Crippen LogP contribution is 2.38. The predicted octanol–water partition coefficient (Wildman–Crippen LogP) is 3.45. The van der Waals surface area contributed by atoms with Gasteiger partial charge in [0.1, 0.15) is 34.8 Å². The lowest BCUT2D eigenvalue weighted by atomic mass is 9.92. The average Bonchev–Trinajstić information content (AvgIpc) is 3.51. The molecule has 0 aliphatic carbocycles. The molecular weight excluding hydrogens is 508 g/mol. The fourth-order valence-corrected chi connectivity index (χ4v) is 5.31. The summed E-state index contributed by atoms with van der Waals surface area (Å²) >= 11 is 0. The molecule has 1 aliphatic heterocycles. The minimum atomic E-state index is -3.86. The van der Waals surface area contributed by atoms with Crippen molar-refractivity contribution in [2.24, 2.45) is 0 Å². The van der Waals surface area contributed by atoms with Crippen molar-refractivity contribution in [3.63, 3.8) is 0 Å². The quantitative estimate of drug-likeness (QED) is 0.275. The molecule has 0 saturated carbocycles. The van der Waals surface area contributed by atoms with E-state index in [1.807, 2.05) is 6.07 Å². The number of aromatic nitrogens is 4. The molecule has 0 bridgehead atoms. The molecule has 0 saturated heterocycles. The Labute approximate surface area is 209 Å². The fourth-order valence-electron chi connectivity index (χ4n) is 4.17. The number of sulfonamides is 1. The highest BCUT2D eigenvalue weighted by molar-refractivity contribution is 7.92. The van der Waals surface area contributed by atoms with Crippen LogP contribution >= 0.6 is 0 Å². The van der Waals surface area contributed by atoms with Crippen molar-refractivity contribution in [2.75, 3.05) is 27.7 Å². The van der Waals surface area contributed by atoms with Crippen LogP contribution in [-0.2, 0) is 16.6 Å². The van der Waals surface area contributed by atoms with Crippen LogP contribution in [0.2, 0.25) is 0 Å². The monoisotopic (exact) mass is 529 g/mol. The summed E-state index contributed by atoms with van der Waals surface area (Å²) in [5, 5.41) is 13.7. The van der Waals surface area contributed by atoms with E-state index in [9.17, 15) is 17.6 Å². The summed E-state index contributed by atoms with van der Waals surface area (Å²) in [7, 11) is -3.86. The molecule has 0 fully saturated rings. The Morgan fingerprint density at radius 2 is 1.97 bits per heavy atom. The Morgan fingerprint density at radius 3 is 2.78 bits per heavy atom. The van der Waals surface area contributed by atoms with E-state index in [1.165, 1.54) is 6.33 Å². The van der Waals surface area contributed by atoms with E-state index in [1.54, 1.807) is 19.1 Å². The van der Waals surface area contributed by atoms with Gasteiger partial charge in [0.05, 0.1) is 22.9 Å². The molecular formula is C23H21F2N7O4S. The van der Waals surface area contributed by atoms with Gasteiger partial charge >= 0.3 is 0 Å². The van der Waals surface area contributed by atoms with Crippen molar-refractivity contribution in [3.05, 3.63) is 65.0 Å². The van der Waals surface area contributed by atoms with E-state index < -0.39 is 44.6 Å². The maximum atomic E-state index is 15.3. The lowest BCUT2D eigenvalue weighted by Crippen LogP contribution is -2.21. The molecule has 2 aromatic carbocycles. The zero-order chi connectivity index (χ0) is 26.2. The molecule has 3 N–H and O–H groups in total. The number of carbonyl (C=O) groups excluding carboxylic acids is 1. The summed E-state index contributed by atoms with van der Waals surface area (Å²) in [5.74, 6) is -3.85. The number of fused-ring (bicyclic) bond motifs is 2. The van der Waals surface area contributed by atoms with E-state index >= 15 is 4.39 Å². The van der Waals surface area contributed by atoms with Crippen molar-refractivity contribution in [3.8, 4) is 0 Å². The SMILES string of the molecule is CCCS(=O)(=O)Nc1ccc(F)c(C(=O)C2CNc3ncnc(NCc4ccc5nonc5c4)c32)c1F. The van der Waals surface area contributed by atoms with Crippen LogP contribution in [0.5, 0.6) is 0 Å². The van der Waals surface area contributed by atoms with E-state index in [-0.39, 0.29) is 12.3 Å². The first-order valence-electron chi connectivity index (χ1n) is 11.3. The van der Waals surface area contributed by atoms with E-state index in [0.29, 0.717) is 41.2 Å². The summed E-state index contributed by atoms with van der Waals surface area (Å²) in [6.45, 7) is 1.98. The number of ketones is 1. The Hall–Kier alpha value is -4.20. The van der Waals surface area contributed by atoms with Gasteiger partial charge in [0.2, 0.25) is 10.0 Å². The average molecular weight is 530 g/mol. The standard InChI is InChI=1S/C23H21F2N7O4S/c1-2-7-37(34,35)32-16-6-4-14(24)19(20(16)25)21(33)13-10-27-23-18(13)22(28-11-29-23)26-9-12-3-5-15-17(8-12)31-36-30-15/h3-6,8,11,13,32H,2,7,9-10H2,1H3,(H2,26,27,28,29). The molecule has 11 nitrogen and oxygen atoms in total. The minimum Gasteiger partial charge on any atom is -0.369 e. The van der Waals surface area contributed by atoms with Gasteiger partial charge in [0, 0.05) is 18.7 Å². The van der Waals surface area contributed by atoms with Crippen LogP contribution in [0.4, 0.5) is 26.1 Å². The Bertz CT molecular complexity index is 1610. The summed E-state index contributed by atoms with van der Waals surface area (Å²) in [4.78, 5) is 21.8. The number of hydrogen-bond donors (Lipinski definition) is 3. The third kappa shape index (κ3) is 4.79.